The molecule has 2 heterocycles. The third-order valence-corrected chi connectivity index (χ3v) is 5.10. The largest absolute Gasteiger partial charge is 0.490 e. The summed E-state index contributed by atoms with van der Waals surface area (Å²) in [5.41, 5.74) is 2.45. The van der Waals surface area contributed by atoms with Gasteiger partial charge in [0, 0.05) is 19.0 Å². The first kappa shape index (κ1) is 17.1. The van der Waals surface area contributed by atoms with Crippen LogP contribution in [0.15, 0.2) is 12.1 Å². The Morgan fingerprint density at radius 2 is 1.83 bits per heavy atom. The molecule has 5 nitrogen and oxygen atoms in total. The zero-order valence-electron chi connectivity index (χ0n) is 14.9. The summed E-state index contributed by atoms with van der Waals surface area (Å²) in [6, 6.07) is 4.14. The number of benzene rings is 1. The van der Waals surface area contributed by atoms with Crippen LogP contribution in [-0.2, 0) is 17.8 Å². The van der Waals surface area contributed by atoms with E-state index in [0.717, 1.165) is 37.6 Å². The van der Waals surface area contributed by atoms with Gasteiger partial charge < -0.3 is 19.7 Å². The van der Waals surface area contributed by atoms with Gasteiger partial charge in [0.25, 0.3) is 0 Å². The molecule has 3 rings (SSSR count). The third kappa shape index (κ3) is 3.36. The normalized spacial score (nSPS) is 18.5. The fraction of sp³-hybridized carbons (Fsp3) is 0.632. The summed E-state index contributed by atoms with van der Waals surface area (Å²) in [5.74, 6) is 2.45. The lowest BCUT2D eigenvalue weighted by molar-refractivity contribution is -0.138. The second kappa shape index (κ2) is 7.43. The first-order valence-corrected chi connectivity index (χ1v) is 9.04. The van der Waals surface area contributed by atoms with Crippen LogP contribution in [0.25, 0.3) is 0 Å². The lowest BCUT2D eigenvalue weighted by Gasteiger charge is -2.37. The predicted molar refractivity (Wildman–Crippen MR) is 93.4 cm³/mol. The van der Waals surface area contributed by atoms with Gasteiger partial charge in [-0.25, -0.2) is 0 Å². The Hall–Kier alpha value is -1.75. The van der Waals surface area contributed by atoms with Gasteiger partial charge in [-0.05, 0) is 62.5 Å². The molecule has 2 aliphatic heterocycles. The smallest absolute Gasteiger partial charge is 0.226 e. The van der Waals surface area contributed by atoms with Crippen molar-refractivity contribution in [2.24, 2.45) is 11.8 Å². The minimum absolute atomic E-state index is 0.0989. The number of carbonyl (C=O) groups is 1. The number of hydrogen-bond donors (Lipinski definition) is 1. The van der Waals surface area contributed by atoms with E-state index < -0.39 is 0 Å². The zero-order valence-corrected chi connectivity index (χ0v) is 14.9. The Bertz CT molecular complexity index is 599. The monoisotopic (exact) mass is 332 g/mol. The Morgan fingerprint density at radius 1 is 1.21 bits per heavy atom. The van der Waals surface area contributed by atoms with E-state index in [4.69, 9.17) is 9.47 Å². The average molecular weight is 332 g/mol. The van der Waals surface area contributed by atoms with Crippen molar-refractivity contribution >= 4 is 5.91 Å². The van der Waals surface area contributed by atoms with Gasteiger partial charge >= 0.3 is 0 Å². The summed E-state index contributed by atoms with van der Waals surface area (Å²) >= 11 is 0. The number of rotatable bonds is 6. The molecule has 2 aliphatic rings. The topological polar surface area (TPSA) is 50.8 Å². The summed E-state index contributed by atoms with van der Waals surface area (Å²) in [4.78, 5) is 14.8. The van der Waals surface area contributed by atoms with Crippen LogP contribution in [-0.4, -0.2) is 43.7 Å². The van der Waals surface area contributed by atoms with Crippen LogP contribution in [0.2, 0.25) is 0 Å². The van der Waals surface area contributed by atoms with E-state index in [1.807, 2.05) is 18.7 Å². The fourth-order valence-corrected chi connectivity index (χ4v) is 3.44. The molecule has 1 amide bonds. The molecule has 0 aromatic heterocycles. The first-order valence-electron chi connectivity index (χ1n) is 9.04. The maximum atomic E-state index is 12.8. The second-order valence-electron chi connectivity index (χ2n) is 6.65. The minimum Gasteiger partial charge on any atom is -0.490 e. The molecule has 1 aromatic carbocycles. The number of carbonyl (C=O) groups excluding carboxylic acids is 1. The molecule has 5 heteroatoms. The van der Waals surface area contributed by atoms with E-state index in [1.165, 1.54) is 11.1 Å². The van der Waals surface area contributed by atoms with Crippen molar-refractivity contribution < 1.29 is 14.3 Å². The molecular formula is C19H28N2O3. The minimum atomic E-state index is 0.0989. The zero-order chi connectivity index (χ0) is 17.1. The highest BCUT2D eigenvalue weighted by molar-refractivity contribution is 5.79. The molecule has 0 aliphatic carbocycles. The van der Waals surface area contributed by atoms with Crippen LogP contribution in [0, 0.1) is 11.8 Å². The van der Waals surface area contributed by atoms with Gasteiger partial charge in [-0.1, -0.05) is 6.92 Å². The van der Waals surface area contributed by atoms with E-state index >= 15 is 0 Å². The van der Waals surface area contributed by atoms with Crippen molar-refractivity contribution in [1.82, 2.24) is 10.2 Å². The van der Waals surface area contributed by atoms with Crippen molar-refractivity contribution in [2.45, 2.75) is 33.7 Å². The number of amides is 1. The van der Waals surface area contributed by atoms with Gasteiger partial charge in [-0.3, -0.25) is 4.79 Å². The van der Waals surface area contributed by atoms with Crippen LogP contribution in [0.4, 0.5) is 0 Å². The van der Waals surface area contributed by atoms with Crippen molar-refractivity contribution in [2.75, 3.05) is 32.8 Å². The SMILES string of the molecule is CCOc1cc2c(cc1OCC)CN(C(=O)C(C)C1CNC1)CC2. The number of fused-ring (bicyclic) bond motifs is 1. The lowest BCUT2D eigenvalue weighted by Crippen LogP contribution is -2.51. The third-order valence-electron chi connectivity index (χ3n) is 5.10. The number of nitrogens with zero attached hydrogens (tertiary/aromatic N) is 1. The van der Waals surface area contributed by atoms with Gasteiger partial charge in [-0.2, -0.15) is 0 Å². The number of ether oxygens (including phenoxy) is 2. The average Bonchev–Trinajstić information content (AvgIpc) is 2.53. The van der Waals surface area contributed by atoms with Gasteiger partial charge in [0.2, 0.25) is 5.91 Å². The highest BCUT2D eigenvalue weighted by atomic mass is 16.5. The second-order valence-corrected chi connectivity index (χ2v) is 6.65. The summed E-state index contributed by atoms with van der Waals surface area (Å²) in [7, 11) is 0. The van der Waals surface area contributed by atoms with E-state index in [9.17, 15) is 4.79 Å². The number of nitrogens with one attached hydrogen (secondary N) is 1. The highest BCUT2D eigenvalue weighted by Crippen LogP contribution is 2.34. The molecule has 1 saturated heterocycles. The molecule has 132 valence electrons. The van der Waals surface area contributed by atoms with E-state index in [2.05, 4.69) is 24.4 Å². The Morgan fingerprint density at radius 3 is 2.38 bits per heavy atom. The fourth-order valence-electron chi connectivity index (χ4n) is 3.44. The Balaban J connectivity index is 1.76. The maximum Gasteiger partial charge on any atom is 0.226 e. The standard InChI is InChI=1S/C19H28N2O3/c1-4-23-17-8-14-6-7-21(12-15(14)9-18(17)24-5-2)19(22)13(3)16-10-20-11-16/h8-9,13,16,20H,4-7,10-12H2,1-3H3. The Kier molecular flexibility index (Phi) is 5.29. The van der Waals surface area contributed by atoms with Gasteiger partial charge in [-0.15, -0.1) is 0 Å². The molecule has 0 radical (unpaired) electrons. The molecule has 1 unspecified atom stereocenters. The van der Waals surface area contributed by atoms with Crippen LogP contribution >= 0.6 is 0 Å². The molecule has 1 N–H and O–H groups in total. The highest BCUT2D eigenvalue weighted by Gasteiger charge is 2.33. The predicted octanol–water partition coefficient (Wildman–Crippen LogP) is 2.22. The maximum absolute atomic E-state index is 12.8. The first-order chi connectivity index (χ1) is 11.6. The molecule has 24 heavy (non-hydrogen) atoms. The van der Waals surface area contributed by atoms with Crippen molar-refractivity contribution in [3.63, 3.8) is 0 Å². The summed E-state index contributed by atoms with van der Waals surface area (Å²) in [5, 5.41) is 3.25. The van der Waals surface area contributed by atoms with Crippen LogP contribution in [0.3, 0.4) is 0 Å². The van der Waals surface area contributed by atoms with Crippen LogP contribution in [0.1, 0.15) is 31.9 Å². The van der Waals surface area contributed by atoms with E-state index in [-0.39, 0.29) is 11.8 Å². The van der Waals surface area contributed by atoms with Crippen molar-refractivity contribution in [3.8, 4) is 11.5 Å². The quantitative estimate of drug-likeness (QED) is 0.868. The lowest BCUT2D eigenvalue weighted by atomic mass is 9.87. The summed E-state index contributed by atoms with van der Waals surface area (Å²) in [6.07, 6.45) is 0.878. The Labute approximate surface area is 144 Å². The van der Waals surface area contributed by atoms with Gasteiger partial charge in [0.15, 0.2) is 11.5 Å². The number of hydrogen-bond acceptors (Lipinski definition) is 4. The summed E-state index contributed by atoms with van der Waals surface area (Å²) in [6.45, 7) is 10.6. The molecule has 1 atom stereocenters. The van der Waals surface area contributed by atoms with E-state index in [0.29, 0.717) is 25.7 Å². The molecular weight excluding hydrogens is 304 g/mol. The molecule has 0 spiro atoms. The molecule has 1 fully saturated rings. The molecule has 0 saturated carbocycles. The molecule has 0 bridgehead atoms. The van der Waals surface area contributed by atoms with Crippen LogP contribution < -0.4 is 14.8 Å². The van der Waals surface area contributed by atoms with Crippen LogP contribution in [0.5, 0.6) is 11.5 Å². The van der Waals surface area contributed by atoms with E-state index in [1.54, 1.807) is 0 Å². The van der Waals surface area contributed by atoms with Gasteiger partial charge in [0.1, 0.15) is 0 Å². The van der Waals surface area contributed by atoms with Crippen molar-refractivity contribution in [3.05, 3.63) is 23.3 Å². The summed E-state index contributed by atoms with van der Waals surface area (Å²) < 4.78 is 11.4. The van der Waals surface area contributed by atoms with Gasteiger partial charge in [0.05, 0.1) is 13.2 Å². The molecule has 1 aromatic rings. The van der Waals surface area contributed by atoms with Crippen molar-refractivity contribution in [1.29, 1.82) is 0 Å².